The van der Waals surface area contributed by atoms with Crippen molar-refractivity contribution in [1.29, 1.82) is 0 Å². The Morgan fingerprint density at radius 2 is 2.00 bits per heavy atom. The van der Waals surface area contributed by atoms with Gasteiger partial charge in [-0.25, -0.2) is 4.79 Å². The van der Waals surface area contributed by atoms with Crippen molar-refractivity contribution < 1.29 is 14.0 Å². The number of carbonyl (C=O) groups is 2. The summed E-state index contributed by atoms with van der Waals surface area (Å²) >= 11 is 0. The first kappa shape index (κ1) is 15.0. The van der Waals surface area contributed by atoms with Crippen LogP contribution < -0.4 is 11.1 Å². The number of carbonyl (C=O) groups excluding carboxylic acids is 2. The molecule has 1 N–H and O–H groups in total. The molecule has 1 aliphatic heterocycles. The van der Waals surface area contributed by atoms with Gasteiger partial charge in [0.05, 0.1) is 5.52 Å². The van der Waals surface area contributed by atoms with Gasteiger partial charge in [0.25, 0.3) is 0 Å². The lowest BCUT2D eigenvalue weighted by molar-refractivity contribution is -0.139. The van der Waals surface area contributed by atoms with Gasteiger partial charge in [0, 0.05) is 12.6 Å². The quantitative estimate of drug-likeness (QED) is 0.902. The van der Waals surface area contributed by atoms with Gasteiger partial charge in [-0.15, -0.1) is 0 Å². The normalized spacial score (nSPS) is 20.5. The molecule has 1 atom stereocenters. The molecule has 1 saturated heterocycles. The summed E-state index contributed by atoms with van der Waals surface area (Å²) in [4.78, 5) is 38.6. The Morgan fingerprint density at radius 3 is 2.79 bits per heavy atom. The second kappa shape index (κ2) is 5.81. The van der Waals surface area contributed by atoms with E-state index in [-0.39, 0.29) is 24.4 Å². The topological polar surface area (TPSA) is 84.5 Å². The Hall–Kier alpha value is -2.57. The number of para-hydroxylation sites is 2. The molecule has 7 nitrogen and oxygen atoms in total. The van der Waals surface area contributed by atoms with Crippen molar-refractivity contribution in [2.45, 2.75) is 44.3 Å². The molecule has 2 fully saturated rings. The maximum absolute atomic E-state index is 12.7. The summed E-state index contributed by atoms with van der Waals surface area (Å²) in [6, 6.07) is 6.85. The van der Waals surface area contributed by atoms with Gasteiger partial charge in [0.15, 0.2) is 5.58 Å². The second-order valence-corrected chi connectivity index (χ2v) is 6.45. The number of aromatic nitrogens is 1. The van der Waals surface area contributed by atoms with Gasteiger partial charge in [-0.3, -0.25) is 14.2 Å². The molecule has 4 rings (SSSR count). The van der Waals surface area contributed by atoms with E-state index in [1.807, 2.05) is 0 Å². The van der Waals surface area contributed by atoms with Crippen molar-refractivity contribution in [3.63, 3.8) is 0 Å². The summed E-state index contributed by atoms with van der Waals surface area (Å²) in [5.41, 5.74) is 1.05. The molecular weight excluding hydrogens is 310 g/mol. The number of hydrogen-bond donors (Lipinski definition) is 1. The summed E-state index contributed by atoms with van der Waals surface area (Å²) < 4.78 is 6.48. The molecule has 1 aromatic heterocycles. The highest BCUT2D eigenvalue weighted by atomic mass is 16.4. The summed E-state index contributed by atoms with van der Waals surface area (Å²) in [6.07, 6.45) is 3.51. The number of benzene rings is 1. The summed E-state index contributed by atoms with van der Waals surface area (Å²) in [7, 11) is 0. The number of hydrogen-bond acceptors (Lipinski definition) is 4. The van der Waals surface area contributed by atoms with Gasteiger partial charge < -0.3 is 14.6 Å². The first-order chi connectivity index (χ1) is 11.6. The van der Waals surface area contributed by atoms with E-state index in [1.165, 1.54) is 4.57 Å². The van der Waals surface area contributed by atoms with E-state index in [0.717, 1.165) is 19.3 Å². The molecule has 2 aromatic rings. The highest BCUT2D eigenvalue weighted by Crippen LogP contribution is 2.23. The monoisotopic (exact) mass is 329 g/mol. The summed E-state index contributed by atoms with van der Waals surface area (Å²) in [6.45, 7) is 0.440. The lowest BCUT2D eigenvalue weighted by Crippen LogP contribution is -2.47. The third-order valence-electron chi connectivity index (χ3n) is 4.67. The zero-order valence-electron chi connectivity index (χ0n) is 13.2. The van der Waals surface area contributed by atoms with Gasteiger partial charge in [-0.1, -0.05) is 12.1 Å². The zero-order chi connectivity index (χ0) is 16.7. The second-order valence-electron chi connectivity index (χ2n) is 6.45. The fourth-order valence-electron chi connectivity index (χ4n) is 3.25. The molecule has 1 aliphatic carbocycles. The van der Waals surface area contributed by atoms with E-state index in [0.29, 0.717) is 24.1 Å². The number of nitrogens with zero attached hydrogens (tertiary/aromatic N) is 2. The maximum Gasteiger partial charge on any atom is 0.420 e. The average molecular weight is 329 g/mol. The van der Waals surface area contributed by atoms with E-state index in [4.69, 9.17) is 4.42 Å². The van der Waals surface area contributed by atoms with Gasteiger partial charge in [-0.2, -0.15) is 0 Å². The first-order valence-corrected chi connectivity index (χ1v) is 8.32. The van der Waals surface area contributed by atoms with Crippen LogP contribution in [-0.4, -0.2) is 39.9 Å². The summed E-state index contributed by atoms with van der Waals surface area (Å²) in [5.74, 6) is -0.854. The number of amides is 2. The lowest BCUT2D eigenvalue weighted by atomic mass is 10.2. The van der Waals surface area contributed by atoms with Crippen LogP contribution in [0.1, 0.15) is 25.7 Å². The zero-order valence-corrected chi connectivity index (χ0v) is 13.2. The molecule has 0 bridgehead atoms. The molecule has 126 valence electrons. The van der Waals surface area contributed by atoms with E-state index >= 15 is 0 Å². The van der Waals surface area contributed by atoms with Crippen LogP contribution in [0.25, 0.3) is 11.1 Å². The standard InChI is InChI=1S/C17H19N3O4/c21-15(10-20-12-4-1-2-6-14(12)24-17(20)23)19-9-3-5-13(19)16(22)18-11-7-8-11/h1-2,4,6,11,13H,3,5,7-10H2,(H,18,22). The molecule has 7 heteroatoms. The average Bonchev–Trinajstić information content (AvgIpc) is 3.14. The van der Waals surface area contributed by atoms with Crippen LogP contribution in [0.15, 0.2) is 33.5 Å². The van der Waals surface area contributed by atoms with E-state index in [2.05, 4.69) is 5.32 Å². The maximum atomic E-state index is 12.7. The van der Waals surface area contributed by atoms with Gasteiger partial charge >= 0.3 is 5.76 Å². The predicted octanol–water partition coefficient (Wildman–Crippen LogP) is 0.864. The predicted molar refractivity (Wildman–Crippen MR) is 86.4 cm³/mol. The Labute approximate surface area is 138 Å². The molecule has 1 aromatic carbocycles. The van der Waals surface area contributed by atoms with E-state index < -0.39 is 11.8 Å². The van der Waals surface area contributed by atoms with Gasteiger partial charge in [0.2, 0.25) is 11.8 Å². The van der Waals surface area contributed by atoms with Crippen LogP contribution in [0.3, 0.4) is 0 Å². The van der Waals surface area contributed by atoms with Crippen molar-refractivity contribution in [3.05, 3.63) is 34.8 Å². The number of nitrogens with one attached hydrogen (secondary N) is 1. The van der Waals surface area contributed by atoms with Crippen molar-refractivity contribution in [2.24, 2.45) is 0 Å². The van der Waals surface area contributed by atoms with Crippen LogP contribution >= 0.6 is 0 Å². The highest BCUT2D eigenvalue weighted by Gasteiger charge is 2.36. The molecule has 1 unspecified atom stereocenters. The highest BCUT2D eigenvalue weighted by molar-refractivity contribution is 5.89. The number of oxazole rings is 1. The van der Waals surface area contributed by atoms with Crippen LogP contribution in [0.5, 0.6) is 0 Å². The van der Waals surface area contributed by atoms with Gasteiger partial charge in [0.1, 0.15) is 12.6 Å². The molecular formula is C17H19N3O4. The fraction of sp³-hybridized carbons (Fsp3) is 0.471. The largest absolute Gasteiger partial charge is 0.420 e. The number of rotatable bonds is 4. The van der Waals surface area contributed by atoms with Crippen molar-refractivity contribution >= 4 is 22.9 Å². The van der Waals surface area contributed by atoms with Crippen molar-refractivity contribution in [2.75, 3.05) is 6.54 Å². The SMILES string of the molecule is O=C(NC1CC1)C1CCCN1C(=O)Cn1c(=O)oc2ccccc21. The van der Waals surface area contributed by atoms with Crippen molar-refractivity contribution in [1.82, 2.24) is 14.8 Å². The first-order valence-electron chi connectivity index (χ1n) is 8.32. The minimum Gasteiger partial charge on any atom is -0.408 e. The molecule has 2 amide bonds. The minimum atomic E-state index is -0.553. The molecule has 2 heterocycles. The molecule has 0 radical (unpaired) electrons. The lowest BCUT2D eigenvalue weighted by Gasteiger charge is -2.24. The van der Waals surface area contributed by atoms with Crippen LogP contribution in [0.2, 0.25) is 0 Å². The Balaban J connectivity index is 1.53. The smallest absolute Gasteiger partial charge is 0.408 e. The third kappa shape index (κ3) is 2.70. The minimum absolute atomic E-state index is 0.0762. The molecule has 1 saturated carbocycles. The number of likely N-dealkylation sites (tertiary alicyclic amines) is 1. The van der Waals surface area contributed by atoms with E-state index in [9.17, 15) is 14.4 Å². The number of fused-ring (bicyclic) bond motifs is 1. The van der Waals surface area contributed by atoms with Crippen molar-refractivity contribution in [3.8, 4) is 0 Å². The molecule has 2 aliphatic rings. The third-order valence-corrected chi connectivity index (χ3v) is 4.67. The van der Waals surface area contributed by atoms with Crippen LogP contribution in [-0.2, 0) is 16.1 Å². The fourth-order valence-corrected chi connectivity index (χ4v) is 3.25. The van der Waals surface area contributed by atoms with Gasteiger partial charge in [-0.05, 0) is 37.8 Å². The van der Waals surface area contributed by atoms with E-state index in [1.54, 1.807) is 29.2 Å². The Morgan fingerprint density at radius 1 is 1.21 bits per heavy atom. The molecule has 24 heavy (non-hydrogen) atoms. The Bertz CT molecular complexity index is 849. The Kier molecular flexibility index (Phi) is 3.63. The summed E-state index contributed by atoms with van der Waals surface area (Å²) in [5, 5.41) is 2.96. The van der Waals surface area contributed by atoms with Crippen LogP contribution in [0, 0.1) is 0 Å². The van der Waals surface area contributed by atoms with Crippen LogP contribution in [0.4, 0.5) is 0 Å². The molecule has 0 spiro atoms.